The summed E-state index contributed by atoms with van der Waals surface area (Å²) in [6.07, 6.45) is 5.20. The van der Waals surface area contributed by atoms with Gasteiger partial charge >= 0.3 is 5.97 Å². The number of halogens is 1. The van der Waals surface area contributed by atoms with Crippen LogP contribution in [0.4, 0.5) is 5.69 Å². The van der Waals surface area contributed by atoms with Crippen molar-refractivity contribution < 1.29 is 29.0 Å². The number of anilines is 1. The largest absolute Gasteiger partial charge is 0.465 e. The van der Waals surface area contributed by atoms with Gasteiger partial charge < -0.3 is 24.4 Å². The molecule has 4 rings (SSSR count). The first-order valence-corrected chi connectivity index (χ1v) is 12.3. The maximum Gasteiger partial charge on any atom is 0.312 e. The Balaban J connectivity index is 1.68. The third-order valence-electron chi connectivity index (χ3n) is 7.16. The van der Waals surface area contributed by atoms with Crippen molar-refractivity contribution in [2.75, 3.05) is 31.2 Å². The lowest BCUT2D eigenvalue weighted by Crippen LogP contribution is -2.57. The Morgan fingerprint density at radius 3 is 2.77 bits per heavy atom. The summed E-state index contributed by atoms with van der Waals surface area (Å²) >= 11 is 6.41. The zero-order chi connectivity index (χ0) is 25.2. The number of nitrogens with zero attached hydrogens (tertiary/aromatic N) is 2. The molecule has 8 nitrogen and oxygen atoms in total. The quantitative estimate of drug-likeness (QED) is 0.284. The van der Waals surface area contributed by atoms with Gasteiger partial charge in [-0.05, 0) is 37.8 Å². The van der Waals surface area contributed by atoms with Crippen molar-refractivity contribution in [1.29, 1.82) is 0 Å². The van der Waals surface area contributed by atoms with E-state index in [4.69, 9.17) is 21.1 Å². The van der Waals surface area contributed by atoms with E-state index < -0.39 is 35.6 Å². The first-order valence-electron chi connectivity index (χ1n) is 11.9. The summed E-state index contributed by atoms with van der Waals surface area (Å²) in [6.45, 7) is 7.45. The maximum atomic E-state index is 14.1. The maximum absolute atomic E-state index is 14.1. The summed E-state index contributed by atoms with van der Waals surface area (Å²) in [5.41, 5.74) is -0.680. The van der Waals surface area contributed by atoms with Crippen LogP contribution in [0.5, 0.6) is 0 Å². The zero-order valence-electron chi connectivity index (χ0n) is 19.6. The fourth-order valence-corrected chi connectivity index (χ4v) is 6.04. The molecule has 0 aromatic heterocycles. The molecule has 1 aromatic carbocycles. The minimum absolute atomic E-state index is 0.0485. The van der Waals surface area contributed by atoms with E-state index in [1.165, 1.54) is 9.80 Å². The highest BCUT2D eigenvalue weighted by Crippen LogP contribution is 2.58. The number of β-amino-alcohol motifs (C(OH)–C–C–N with tert-alkyl or cyclic N) is 1. The average Bonchev–Trinajstić information content (AvgIpc) is 3.48. The zero-order valence-corrected chi connectivity index (χ0v) is 20.4. The number of amides is 2. The number of carbonyl (C=O) groups excluding carboxylic acids is 3. The Kier molecular flexibility index (Phi) is 7.64. The molecule has 1 aromatic rings. The fraction of sp³-hybridized carbons (Fsp3) is 0.500. The van der Waals surface area contributed by atoms with Crippen molar-refractivity contribution in [1.82, 2.24) is 4.90 Å². The molecular weight excluding hydrogens is 472 g/mol. The number of ether oxygens (including phenoxy) is 2. The molecule has 3 saturated heterocycles. The summed E-state index contributed by atoms with van der Waals surface area (Å²) in [4.78, 5) is 43.6. The Hall–Kier alpha value is -2.68. The molecule has 2 unspecified atom stereocenters. The van der Waals surface area contributed by atoms with Crippen LogP contribution in [0.1, 0.15) is 25.7 Å². The number of allylic oxidation sites excluding steroid dienone is 1. The second kappa shape index (κ2) is 10.5. The number of benzene rings is 1. The molecule has 3 heterocycles. The first-order chi connectivity index (χ1) is 16.9. The van der Waals surface area contributed by atoms with Gasteiger partial charge in [-0.15, -0.1) is 13.2 Å². The molecule has 2 bridgehead atoms. The second-order valence-electron chi connectivity index (χ2n) is 9.10. The molecule has 188 valence electrons. The highest BCUT2D eigenvalue weighted by atomic mass is 35.5. The van der Waals surface area contributed by atoms with E-state index in [9.17, 15) is 19.5 Å². The van der Waals surface area contributed by atoms with E-state index >= 15 is 0 Å². The molecule has 0 aliphatic carbocycles. The van der Waals surface area contributed by atoms with Crippen LogP contribution < -0.4 is 4.90 Å². The summed E-state index contributed by atoms with van der Waals surface area (Å²) in [6, 6.07) is 5.94. The van der Waals surface area contributed by atoms with Crippen LogP contribution in [0.2, 0.25) is 5.02 Å². The molecule has 9 heteroatoms. The molecule has 1 N–H and O–H groups in total. The lowest BCUT2D eigenvalue weighted by molar-refractivity contribution is -0.155. The Morgan fingerprint density at radius 2 is 2.09 bits per heavy atom. The third-order valence-corrected chi connectivity index (χ3v) is 7.48. The molecule has 3 aliphatic rings. The van der Waals surface area contributed by atoms with E-state index in [1.807, 2.05) is 0 Å². The third kappa shape index (κ3) is 4.28. The Labute approximate surface area is 210 Å². The van der Waals surface area contributed by atoms with Crippen LogP contribution in [-0.2, 0) is 23.9 Å². The number of fused-ring (bicyclic) bond motifs is 1. The number of para-hydroxylation sites is 1. The van der Waals surface area contributed by atoms with Crippen LogP contribution in [0.25, 0.3) is 0 Å². The molecule has 3 fully saturated rings. The van der Waals surface area contributed by atoms with Crippen molar-refractivity contribution in [2.45, 2.75) is 43.4 Å². The van der Waals surface area contributed by atoms with Crippen molar-refractivity contribution in [3.8, 4) is 0 Å². The van der Waals surface area contributed by atoms with E-state index in [0.717, 1.165) is 0 Å². The molecule has 0 saturated carbocycles. The topological polar surface area (TPSA) is 96.4 Å². The number of aliphatic hydroxyl groups is 1. The lowest BCUT2D eigenvalue weighted by Gasteiger charge is -2.36. The number of aliphatic hydroxyl groups excluding tert-OH is 1. The number of carbonyl (C=O) groups is 3. The average molecular weight is 503 g/mol. The van der Waals surface area contributed by atoms with Crippen molar-refractivity contribution in [2.24, 2.45) is 11.8 Å². The molecular formula is C26H31ClN2O6. The summed E-state index contributed by atoms with van der Waals surface area (Å²) in [5, 5.41) is 10.1. The highest BCUT2D eigenvalue weighted by molar-refractivity contribution is 6.34. The predicted molar refractivity (Wildman–Crippen MR) is 131 cm³/mol. The standard InChI is InChI=1S/C26H31ClN2O6/c1-3-5-8-16-34-25(33)20-19-11-12-26(35-19)21(20)23(31)29(14-15-30)22(26)24(32)28(13-4-2)18-10-7-6-9-17(18)27/h3-4,6-7,9-10,19-22,30H,1-2,5,8,11-16H2/t19-,20+,21+,22?,26?/m1/s1. The Morgan fingerprint density at radius 1 is 1.31 bits per heavy atom. The van der Waals surface area contributed by atoms with Crippen LogP contribution >= 0.6 is 11.6 Å². The Bertz CT molecular complexity index is 1020. The van der Waals surface area contributed by atoms with Gasteiger partial charge in [-0.3, -0.25) is 14.4 Å². The minimum Gasteiger partial charge on any atom is -0.465 e. The monoisotopic (exact) mass is 502 g/mol. The number of hydrogen-bond acceptors (Lipinski definition) is 6. The SMILES string of the molecule is C=CCCCOC(=O)[C@@H]1[C@H]2C(=O)N(CCO)C(C(=O)N(CC=C)c3ccccc3Cl)C23CC[C@H]1O3. The van der Waals surface area contributed by atoms with Gasteiger partial charge in [-0.1, -0.05) is 35.9 Å². The molecule has 35 heavy (non-hydrogen) atoms. The van der Waals surface area contributed by atoms with Gasteiger partial charge in [0.1, 0.15) is 11.6 Å². The van der Waals surface area contributed by atoms with Gasteiger partial charge in [0.05, 0.1) is 41.9 Å². The number of unbranched alkanes of at least 4 members (excludes halogenated alkanes) is 1. The second-order valence-corrected chi connectivity index (χ2v) is 9.51. The van der Waals surface area contributed by atoms with Crippen molar-refractivity contribution in [3.63, 3.8) is 0 Å². The number of esters is 1. The molecule has 1 spiro atoms. The van der Waals surface area contributed by atoms with Crippen LogP contribution in [0, 0.1) is 11.8 Å². The van der Waals surface area contributed by atoms with E-state index in [1.54, 1.807) is 36.4 Å². The first kappa shape index (κ1) is 25.4. The van der Waals surface area contributed by atoms with E-state index in [2.05, 4.69) is 13.2 Å². The van der Waals surface area contributed by atoms with Gasteiger partial charge in [0.15, 0.2) is 0 Å². The van der Waals surface area contributed by atoms with Crippen LogP contribution in [0.3, 0.4) is 0 Å². The minimum atomic E-state index is -1.17. The highest BCUT2D eigenvalue weighted by Gasteiger charge is 2.75. The summed E-state index contributed by atoms with van der Waals surface area (Å²) in [7, 11) is 0. The number of hydrogen-bond donors (Lipinski definition) is 1. The fourth-order valence-electron chi connectivity index (χ4n) is 5.80. The van der Waals surface area contributed by atoms with Gasteiger partial charge in [-0.25, -0.2) is 0 Å². The summed E-state index contributed by atoms with van der Waals surface area (Å²) in [5.74, 6) is -2.86. The number of likely N-dealkylation sites (tertiary alicyclic amines) is 1. The van der Waals surface area contributed by atoms with Crippen LogP contribution in [0.15, 0.2) is 49.6 Å². The predicted octanol–water partition coefficient (Wildman–Crippen LogP) is 2.74. The molecule has 5 atom stereocenters. The number of rotatable bonds is 11. The van der Waals surface area contributed by atoms with Crippen LogP contribution in [-0.4, -0.2) is 71.8 Å². The van der Waals surface area contributed by atoms with Gasteiger partial charge in [-0.2, -0.15) is 0 Å². The molecule has 3 aliphatic heterocycles. The molecule has 2 amide bonds. The van der Waals surface area contributed by atoms with E-state index in [-0.39, 0.29) is 38.1 Å². The van der Waals surface area contributed by atoms with Crippen molar-refractivity contribution in [3.05, 3.63) is 54.6 Å². The lowest BCUT2D eigenvalue weighted by atomic mass is 9.70. The van der Waals surface area contributed by atoms with Gasteiger partial charge in [0.2, 0.25) is 5.91 Å². The van der Waals surface area contributed by atoms with E-state index in [0.29, 0.717) is 36.4 Å². The smallest absolute Gasteiger partial charge is 0.312 e. The molecule has 0 radical (unpaired) electrons. The van der Waals surface area contributed by atoms with Gasteiger partial charge in [0, 0.05) is 13.1 Å². The van der Waals surface area contributed by atoms with Gasteiger partial charge in [0.25, 0.3) is 5.91 Å². The summed E-state index contributed by atoms with van der Waals surface area (Å²) < 4.78 is 11.8. The normalized spacial score (nSPS) is 28.6. The van der Waals surface area contributed by atoms with Crippen molar-refractivity contribution >= 4 is 35.1 Å².